The molecule has 4 nitrogen and oxygen atoms in total. The normalized spacial score (nSPS) is 21.6. The van der Waals surface area contributed by atoms with E-state index in [2.05, 4.69) is 14.9 Å². The van der Waals surface area contributed by atoms with Gasteiger partial charge >= 0.3 is 0 Å². The van der Waals surface area contributed by atoms with E-state index in [-0.39, 0.29) is 0 Å². The van der Waals surface area contributed by atoms with Crippen LogP contribution in [-0.2, 0) is 18.2 Å². The van der Waals surface area contributed by atoms with Gasteiger partial charge in [0, 0.05) is 45.1 Å². The molecule has 2 rings (SSSR count). The van der Waals surface area contributed by atoms with Gasteiger partial charge < -0.3 is 14.6 Å². The first-order chi connectivity index (χ1) is 6.86. The topological polar surface area (TPSA) is 39.1 Å². The average Bonchev–Trinajstić information content (AvgIpc) is 2.78. The van der Waals surface area contributed by atoms with E-state index in [0.717, 1.165) is 38.4 Å². The van der Waals surface area contributed by atoms with E-state index in [1.54, 1.807) is 0 Å². The van der Waals surface area contributed by atoms with E-state index >= 15 is 0 Å². The lowest BCUT2D eigenvalue weighted by Gasteiger charge is -2.09. The zero-order chi connectivity index (χ0) is 9.80. The quantitative estimate of drug-likeness (QED) is 0.753. The summed E-state index contributed by atoms with van der Waals surface area (Å²) in [6.07, 6.45) is 5.95. The molecule has 1 unspecified atom stereocenters. The van der Waals surface area contributed by atoms with Crippen molar-refractivity contribution < 1.29 is 4.74 Å². The van der Waals surface area contributed by atoms with Crippen molar-refractivity contribution in [3.8, 4) is 0 Å². The van der Waals surface area contributed by atoms with Gasteiger partial charge in [0.1, 0.15) is 5.82 Å². The highest BCUT2D eigenvalue weighted by atomic mass is 16.5. The minimum Gasteiger partial charge on any atom is -0.380 e. The van der Waals surface area contributed by atoms with E-state index < -0.39 is 0 Å². The molecule has 78 valence electrons. The minimum atomic E-state index is 0.551. The Hall–Kier alpha value is -0.870. The van der Waals surface area contributed by atoms with Gasteiger partial charge in [-0.2, -0.15) is 0 Å². The second-order valence-electron chi connectivity index (χ2n) is 3.72. The molecule has 2 heterocycles. The molecule has 0 spiro atoms. The van der Waals surface area contributed by atoms with Crippen molar-refractivity contribution in [2.45, 2.75) is 18.9 Å². The molecule has 0 saturated carbocycles. The maximum atomic E-state index is 5.29. The smallest absolute Gasteiger partial charge is 0.109 e. The Morgan fingerprint density at radius 2 is 2.64 bits per heavy atom. The van der Waals surface area contributed by atoms with E-state index in [0.29, 0.717) is 6.04 Å². The summed E-state index contributed by atoms with van der Waals surface area (Å²) >= 11 is 0. The molecule has 0 amide bonds. The lowest BCUT2D eigenvalue weighted by Crippen LogP contribution is -2.31. The SMILES string of the molecule is Cn1ccnc1CCNC1CCOC1. The first kappa shape index (κ1) is 9.68. The average molecular weight is 195 g/mol. The van der Waals surface area contributed by atoms with Crippen LogP contribution in [-0.4, -0.2) is 35.4 Å². The zero-order valence-electron chi connectivity index (χ0n) is 8.57. The highest BCUT2D eigenvalue weighted by molar-refractivity contribution is 4.91. The molecule has 4 heteroatoms. The Balaban J connectivity index is 1.70. The molecule has 1 fully saturated rings. The second-order valence-corrected chi connectivity index (χ2v) is 3.72. The summed E-state index contributed by atoms with van der Waals surface area (Å²) in [7, 11) is 2.03. The summed E-state index contributed by atoms with van der Waals surface area (Å²) < 4.78 is 7.35. The predicted molar refractivity (Wildman–Crippen MR) is 54.1 cm³/mol. The van der Waals surface area contributed by atoms with Crippen LogP contribution in [0, 0.1) is 0 Å². The van der Waals surface area contributed by atoms with Crippen molar-refractivity contribution in [3.63, 3.8) is 0 Å². The molecule has 1 aromatic heterocycles. The number of rotatable bonds is 4. The van der Waals surface area contributed by atoms with Crippen molar-refractivity contribution in [1.82, 2.24) is 14.9 Å². The molecular formula is C10H17N3O. The molecule has 1 aliphatic rings. The third-order valence-electron chi connectivity index (χ3n) is 2.63. The van der Waals surface area contributed by atoms with E-state index in [1.807, 2.05) is 19.4 Å². The van der Waals surface area contributed by atoms with Crippen LogP contribution in [0.1, 0.15) is 12.2 Å². The van der Waals surface area contributed by atoms with Gasteiger partial charge in [-0.05, 0) is 6.42 Å². The highest BCUT2D eigenvalue weighted by Crippen LogP contribution is 2.03. The van der Waals surface area contributed by atoms with Gasteiger partial charge in [-0.1, -0.05) is 0 Å². The van der Waals surface area contributed by atoms with Crippen LogP contribution in [0.25, 0.3) is 0 Å². The Morgan fingerprint density at radius 3 is 3.29 bits per heavy atom. The van der Waals surface area contributed by atoms with Gasteiger partial charge in [0.15, 0.2) is 0 Å². The first-order valence-electron chi connectivity index (χ1n) is 5.13. The third kappa shape index (κ3) is 2.33. The summed E-state index contributed by atoms with van der Waals surface area (Å²) in [5.74, 6) is 1.14. The van der Waals surface area contributed by atoms with Crippen molar-refractivity contribution in [2.75, 3.05) is 19.8 Å². The predicted octanol–water partition coefficient (Wildman–Crippen LogP) is 0.341. The number of hydrogen-bond acceptors (Lipinski definition) is 3. The summed E-state index contributed by atoms with van der Waals surface area (Å²) in [5, 5.41) is 3.47. The summed E-state index contributed by atoms with van der Waals surface area (Å²) in [6, 6.07) is 0.551. The fourth-order valence-electron chi connectivity index (χ4n) is 1.72. The fraction of sp³-hybridized carbons (Fsp3) is 0.700. The monoisotopic (exact) mass is 195 g/mol. The zero-order valence-corrected chi connectivity index (χ0v) is 8.57. The second kappa shape index (κ2) is 4.57. The van der Waals surface area contributed by atoms with E-state index in [1.165, 1.54) is 0 Å². The van der Waals surface area contributed by atoms with Gasteiger partial charge in [0.25, 0.3) is 0 Å². The van der Waals surface area contributed by atoms with Gasteiger partial charge in [-0.25, -0.2) is 4.98 Å². The van der Waals surface area contributed by atoms with Gasteiger partial charge in [-0.15, -0.1) is 0 Å². The molecule has 14 heavy (non-hydrogen) atoms. The third-order valence-corrected chi connectivity index (χ3v) is 2.63. The fourth-order valence-corrected chi connectivity index (χ4v) is 1.72. The molecular weight excluding hydrogens is 178 g/mol. The van der Waals surface area contributed by atoms with E-state index in [4.69, 9.17) is 4.74 Å². The van der Waals surface area contributed by atoms with Crippen molar-refractivity contribution >= 4 is 0 Å². The largest absolute Gasteiger partial charge is 0.380 e. The number of nitrogens with zero attached hydrogens (tertiary/aromatic N) is 2. The van der Waals surface area contributed by atoms with Crippen molar-refractivity contribution in [1.29, 1.82) is 0 Å². The number of nitrogens with one attached hydrogen (secondary N) is 1. The lowest BCUT2D eigenvalue weighted by molar-refractivity contribution is 0.190. The van der Waals surface area contributed by atoms with Crippen LogP contribution in [0.3, 0.4) is 0 Å². The van der Waals surface area contributed by atoms with Gasteiger partial charge in [-0.3, -0.25) is 0 Å². The maximum absolute atomic E-state index is 5.29. The Labute approximate surface area is 84.3 Å². The Bertz CT molecular complexity index is 279. The van der Waals surface area contributed by atoms with Crippen LogP contribution in [0.15, 0.2) is 12.4 Å². The Morgan fingerprint density at radius 1 is 1.71 bits per heavy atom. The molecule has 0 aliphatic carbocycles. The van der Waals surface area contributed by atoms with Crippen LogP contribution < -0.4 is 5.32 Å². The molecule has 1 atom stereocenters. The number of ether oxygens (including phenoxy) is 1. The molecule has 1 aliphatic heterocycles. The van der Waals surface area contributed by atoms with E-state index in [9.17, 15) is 0 Å². The molecule has 0 radical (unpaired) electrons. The Kier molecular flexibility index (Phi) is 3.16. The summed E-state index contributed by atoms with van der Waals surface area (Å²) in [6.45, 7) is 2.75. The van der Waals surface area contributed by atoms with Gasteiger partial charge in [0.05, 0.1) is 6.61 Å². The molecule has 1 N–H and O–H groups in total. The van der Waals surface area contributed by atoms with Crippen LogP contribution in [0.5, 0.6) is 0 Å². The van der Waals surface area contributed by atoms with Crippen LogP contribution >= 0.6 is 0 Å². The molecule has 0 bridgehead atoms. The number of imidazole rings is 1. The lowest BCUT2D eigenvalue weighted by atomic mass is 10.2. The van der Waals surface area contributed by atoms with Crippen LogP contribution in [0.2, 0.25) is 0 Å². The summed E-state index contributed by atoms with van der Waals surface area (Å²) in [4.78, 5) is 4.27. The number of aryl methyl sites for hydroxylation is 1. The van der Waals surface area contributed by atoms with Crippen LogP contribution in [0.4, 0.5) is 0 Å². The molecule has 0 aromatic carbocycles. The highest BCUT2D eigenvalue weighted by Gasteiger charge is 2.14. The van der Waals surface area contributed by atoms with Gasteiger partial charge in [0.2, 0.25) is 0 Å². The van der Waals surface area contributed by atoms with Crippen molar-refractivity contribution in [2.24, 2.45) is 7.05 Å². The maximum Gasteiger partial charge on any atom is 0.109 e. The number of hydrogen-bond donors (Lipinski definition) is 1. The standard InChI is InChI=1S/C10H17N3O/c1-13-6-5-12-10(13)2-4-11-9-3-7-14-8-9/h5-6,9,11H,2-4,7-8H2,1H3. The molecule has 1 saturated heterocycles. The molecule has 1 aromatic rings. The number of aromatic nitrogens is 2. The minimum absolute atomic E-state index is 0.551. The van der Waals surface area contributed by atoms with Crippen molar-refractivity contribution in [3.05, 3.63) is 18.2 Å². The first-order valence-corrected chi connectivity index (χ1v) is 5.13. The summed E-state index contributed by atoms with van der Waals surface area (Å²) in [5.41, 5.74) is 0.